The number of aliphatic hydroxyl groups excluding tert-OH is 1. The molecule has 0 saturated carbocycles. The van der Waals surface area contributed by atoms with Gasteiger partial charge >= 0.3 is 23.9 Å². The van der Waals surface area contributed by atoms with Crippen molar-refractivity contribution in [3.05, 3.63) is 0 Å². The van der Waals surface area contributed by atoms with Gasteiger partial charge in [0.05, 0.1) is 35.0 Å². The topological polar surface area (TPSA) is 172 Å². The fourth-order valence-electron chi connectivity index (χ4n) is 3.70. The van der Waals surface area contributed by atoms with Crippen LogP contribution in [0.5, 0.6) is 0 Å². The number of fused-ring (bicyclic) bond motifs is 3. The maximum Gasteiger partial charge on any atom is 0.325 e. The van der Waals surface area contributed by atoms with E-state index in [2.05, 4.69) is 18.9 Å². The number of methoxy groups -OCH3 is 4. The highest BCUT2D eigenvalue weighted by Gasteiger charge is 2.59. The van der Waals surface area contributed by atoms with E-state index in [1.165, 1.54) is 0 Å². The number of hydrogen-bond acceptors (Lipinski definition) is 14. The first-order valence-corrected chi connectivity index (χ1v) is 9.50. The van der Waals surface area contributed by atoms with Crippen molar-refractivity contribution in [1.29, 1.82) is 0 Å². The first-order valence-electron chi connectivity index (χ1n) is 9.50. The van der Waals surface area contributed by atoms with E-state index in [9.17, 15) is 24.3 Å². The Morgan fingerprint density at radius 3 is 1.62 bits per heavy atom. The van der Waals surface area contributed by atoms with Gasteiger partial charge in [0, 0.05) is 0 Å². The maximum atomic E-state index is 12.1. The summed E-state index contributed by atoms with van der Waals surface area (Å²) in [6, 6.07) is 0. The number of esters is 4. The Bertz CT molecular complexity index is 707. The van der Waals surface area contributed by atoms with Crippen molar-refractivity contribution in [3.8, 4) is 0 Å². The average Bonchev–Trinajstić information content (AvgIpc) is 3.24. The number of carbonyl (C=O) groups excluding carboxylic acids is 4. The van der Waals surface area contributed by atoms with Crippen molar-refractivity contribution in [2.45, 2.75) is 43.3 Å². The van der Waals surface area contributed by atoms with E-state index in [1.54, 1.807) is 0 Å². The Labute approximate surface area is 181 Å². The number of hydrogen-bond donors (Lipinski definition) is 1. The predicted octanol–water partition coefficient (Wildman–Crippen LogP) is -2.52. The number of rotatable bonds is 6. The van der Waals surface area contributed by atoms with Gasteiger partial charge in [0.15, 0.2) is 18.9 Å². The highest BCUT2D eigenvalue weighted by molar-refractivity contribution is 5.96. The fraction of sp³-hybridized carbons (Fsp3) is 0.778. The molecule has 0 aliphatic carbocycles. The molecule has 3 rings (SSSR count). The molecule has 180 valence electrons. The van der Waals surface area contributed by atoms with Crippen LogP contribution in [0.25, 0.3) is 0 Å². The van der Waals surface area contributed by atoms with Crippen LogP contribution in [-0.4, -0.2) is 107 Å². The second kappa shape index (κ2) is 10.1. The smallest absolute Gasteiger partial charge is 0.325 e. The lowest BCUT2D eigenvalue weighted by Gasteiger charge is -2.45. The fourth-order valence-corrected chi connectivity index (χ4v) is 3.70. The summed E-state index contributed by atoms with van der Waals surface area (Å²) in [4.78, 5) is 48.4. The molecule has 3 aliphatic rings. The quantitative estimate of drug-likeness (QED) is 0.248. The monoisotopic (exact) mass is 464 g/mol. The summed E-state index contributed by atoms with van der Waals surface area (Å²) in [7, 11) is 4.30. The van der Waals surface area contributed by atoms with E-state index >= 15 is 0 Å². The van der Waals surface area contributed by atoms with Crippen molar-refractivity contribution in [2.75, 3.05) is 35.0 Å². The van der Waals surface area contributed by atoms with Gasteiger partial charge < -0.3 is 47.7 Å². The van der Waals surface area contributed by atoms with E-state index in [0.717, 1.165) is 28.4 Å². The normalized spacial score (nSPS) is 33.8. The molecule has 7 unspecified atom stereocenters. The van der Waals surface area contributed by atoms with Gasteiger partial charge in [0.2, 0.25) is 11.8 Å². The van der Waals surface area contributed by atoms with Gasteiger partial charge in [0.25, 0.3) is 0 Å². The summed E-state index contributed by atoms with van der Waals surface area (Å²) in [6.45, 7) is -0.189. The minimum Gasteiger partial charge on any atom is -0.468 e. The number of carbonyl (C=O) groups is 4. The van der Waals surface area contributed by atoms with Crippen LogP contribution in [-0.2, 0) is 61.8 Å². The van der Waals surface area contributed by atoms with Crippen LogP contribution in [0.3, 0.4) is 0 Å². The first kappa shape index (κ1) is 24.3. The summed E-state index contributed by atoms with van der Waals surface area (Å²) < 4.78 is 46.4. The molecule has 3 saturated heterocycles. The van der Waals surface area contributed by atoms with Gasteiger partial charge in [-0.25, -0.2) is 0 Å². The molecule has 32 heavy (non-hydrogen) atoms. The Morgan fingerprint density at radius 1 is 0.688 bits per heavy atom. The van der Waals surface area contributed by atoms with E-state index in [4.69, 9.17) is 23.7 Å². The zero-order valence-electron chi connectivity index (χ0n) is 17.7. The zero-order chi connectivity index (χ0) is 23.6. The van der Waals surface area contributed by atoms with Crippen molar-refractivity contribution < 1.29 is 66.9 Å². The molecule has 3 fully saturated rings. The van der Waals surface area contributed by atoms with Crippen LogP contribution in [0.15, 0.2) is 0 Å². The molecular formula is C18H24O14. The van der Waals surface area contributed by atoms with Crippen molar-refractivity contribution in [1.82, 2.24) is 0 Å². The molecule has 0 aromatic carbocycles. The molecule has 3 aliphatic heterocycles. The van der Waals surface area contributed by atoms with Gasteiger partial charge in [-0.1, -0.05) is 0 Å². The molecule has 14 nitrogen and oxygen atoms in total. The summed E-state index contributed by atoms with van der Waals surface area (Å²) in [5.74, 6) is -7.02. The molecule has 14 heteroatoms. The third kappa shape index (κ3) is 4.42. The second-order valence-corrected chi connectivity index (χ2v) is 6.99. The highest BCUT2D eigenvalue weighted by atomic mass is 16.8. The van der Waals surface area contributed by atoms with Crippen LogP contribution in [0, 0.1) is 11.8 Å². The number of ether oxygens (including phenoxy) is 9. The van der Waals surface area contributed by atoms with E-state index < -0.39 is 79.0 Å². The maximum absolute atomic E-state index is 12.1. The summed E-state index contributed by atoms with van der Waals surface area (Å²) in [5, 5.41) is 10.3. The minimum atomic E-state index is -1.60. The summed E-state index contributed by atoms with van der Waals surface area (Å²) in [5.41, 5.74) is 0. The molecule has 0 amide bonds. The lowest BCUT2D eigenvalue weighted by atomic mass is 9.97. The van der Waals surface area contributed by atoms with Gasteiger partial charge in [0.1, 0.15) is 24.4 Å². The molecule has 1 N–H and O–H groups in total. The van der Waals surface area contributed by atoms with E-state index in [0.29, 0.717) is 0 Å². The Balaban J connectivity index is 1.83. The van der Waals surface area contributed by atoms with Gasteiger partial charge in [-0.2, -0.15) is 0 Å². The van der Waals surface area contributed by atoms with Crippen LogP contribution < -0.4 is 0 Å². The first-order chi connectivity index (χ1) is 15.3. The standard InChI is InChI=1S/C18H24O14/c1-24-12(19)7(13(20)25-2)17-28-5-6-9(30-17)10-11(16(23)29-6)32-18(31-10)8(14(21)26-3)15(22)27-4/h6-11,16-18,23H,5H2,1-4H3. The van der Waals surface area contributed by atoms with Crippen LogP contribution in [0.2, 0.25) is 0 Å². The van der Waals surface area contributed by atoms with Crippen LogP contribution in [0.1, 0.15) is 0 Å². The summed E-state index contributed by atoms with van der Waals surface area (Å²) in [6.07, 6.45) is -8.54. The Hall–Kier alpha value is -2.36. The Morgan fingerprint density at radius 2 is 1.12 bits per heavy atom. The minimum absolute atomic E-state index is 0.189. The lowest BCUT2D eigenvalue weighted by Crippen LogP contribution is -2.63. The van der Waals surface area contributed by atoms with E-state index in [1.807, 2.05) is 0 Å². The molecule has 0 radical (unpaired) electrons. The summed E-state index contributed by atoms with van der Waals surface area (Å²) >= 11 is 0. The van der Waals surface area contributed by atoms with Crippen LogP contribution >= 0.6 is 0 Å². The molecule has 0 aromatic heterocycles. The average molecular weight is 464 g/mol. The molecule has 0 aromatic rings. The van der Waals surface area contributed by atoms with Crippen LogP contribution in [0.4, 0.5) is 0 Å². The molecule has 7 atom stereocenters. The number of aliphatic hydroxyl groups is 1. The van der Waals surface area contributed by atoms with Crippen molar-refractivity contribution in [2.24, 2.45) is 11.8 Å². The van der Waals surface area contributed by atoms with Crippen molar-refractivity contribution >= 4 is 23.9 Å². The zero-order valence-corrected chi connectivity index (χ0v) is 17.7. The second-order valence-electron chi connectivity index (χ2n) is 6.99. The highest BCUT2D eigenvalue weighted by Crippen LogP contribution is 2.39. The molecular weight excluding hydrogens is 440 g/mol. The third-order valence-corrected chi connectivity index (χ3v) is 5.27. The van der Waals surface area contributed by atoms with Gasteiger partial charge in [-0.3, -0.25) is 19.2 Å². The predicted molar refractivity (Wildman–Crippen MR) is 94.1 cm³/mol. The SMILES string of the molecule is COC(=O)C(C(=O)OC)C1OCC2OC(O)C3OC(C(C(=O)OC)C(=O)OC)OC3C2O1. The lowest BCUT2D eigenvalue weighted by molar-refractivity contribution is -0.343. The molecule has 3 heterocycles. The van der Waals surface area contributed by atoms with Gasteiger partial charge in [-0.05, 0) is 0 Å². The third-order valence-electron chi connectivity index (χ3n) is 5.27. The molecule has 0 spiro atoms. The van der Waals surface area contributed by atoms with Crippen molar-refractivity contribution in [3.63, 3.8) is 0 Å². The molecule has 0 bridgehead atoms. The van der Waals surface area contributed by atoms with E-state index in [-0.39, 0.29) is 6.61 Å². The largest absolute Gasteiger partial charge is 0.468 e. The Kier molecular flexibility index (Phi) is 7.63. The van der Waals surface area contributed by atoms with Gasteiger partial charge in [-0.15, -0.1) is 0 Å².